The number of amides is 1. The van der Waals surface area contributed by atoms with Gasteiger partial charge >= 0.3 is 0 Å². The number of rotatable bonds is 6. The van der Waals surface area contributed by atoms with Crippen molar-refractivity contribution in [3.05, 3.63) is 0 Å². The largest absolute Gasteiger partial charge is 0.357 e. The van der Waals surface area contributed by atoms with Crippen LogP contribution in [-0.2, 0) is 4.79 Å². The highest BCUT2D eigenvalue weighted by Crippen LogP contribution is 2.24. The first-order valence-electron chi connectivity index (χ1n) is 10.6. The summed E-state index contributed by atoms with van der Waals surface area (Å²) in [6.07, 6.45) is 4.06. The average molecular weight is 381 g/mol. The lowest BCUT2D eigenvalue weighted by molar-refractivity contribution is -0.126. The van der Waals surface area contributed by atoms with E-state index in [1.807, 2.05) is 13.8 Å². The molecule has 27 heavy (non-hydrogen) atoms. The second-order valence-electron chi connectivity index (χ2n) is 8.48. The maximum Gasteiger partial charge on any atom is 0.223 e. The van der Waals surface area contributed by atoms with Crippen LogP contribution in [0.15, 0.2) is 4.99 Å². The fourth-order valence-corrected chi connectivity index (χ4v) is 3.97. The number of aliphatic imine (C=N–C) groups is 1. The number of carbonyl (C=O) groups is 1. The van der Waals surface area contributed by atoms with Crippen molar-refractivity contribution < 1.29 is 4.79 Å². The monoisotopic (exact) mass is 380 g/mol. The van der Waals surface area contributed by atoms with E-state index in [0.29, 0.717) is 12.1 Å². The molecule has 3 unspecified atom stereocenters. The number of piperazine rings is 1. The predicted octanol–water partition coefficient (Wildman–Crippen LogP) is 0.871. The second kappa shape index (κ2) is 10.9. The van der Waals surface area contributed by atoms with E-state index < -0.39 is 0 Å². The molecule has 2 fully saturated rings. The van der Waals surface area contributed by atoms with Crippen molar-refractivity contribution >= 4 is 11.9 Å². The third-order valence-corrected chi connectivity index (χ3v) is 5.60. The maximum atomic E-state index is 12.4. The first-order valence-corrected chi connectivity index (χ1v) is 10.6. The van der Waals surface area contributed by atoms with E-state index in [-0.39, 0.29) is 17.9 Å². The van der Waals surface area contributed by atoms with Gasteiger partial charge in [0.25, 0.3) is 0 Å². The van der Waals surface area contributed by atoms with Crippen molar-refractivity contribution in [2.24, 2.45) is 10.9 Å². The Morgan fingerprint density at radius 2 is 2.00 bits per heavy atom. The molecule has 0 radical (unpaired) electrons. The summed E-state index contributed by atoms with van der Waals surface area (Å²) in [5, 5.41) is 10.0. The van der Waals surface area contributed by atoms with Gasteiger partial charge in [-0.15, -0.1) is 0 Å². The molecule has 3 atom stereocenters. The van der Waals surface area contributed by atoms with Gasteiger partial charge in [0, 0.05) is 50.2 Å². The van der Waals surface area contributed by atoms with Crippen molar-refractivity contribution in [1.82, 2.24) is 25.8 Å². The summed E-state index contributed by atoms with van der Waals surface area (Å²) in [5.74, 6) is 1.19. The Bertz CT molecular complexity index is 495. The highest BCUT2D eigenvalue weighted by Gasteiger charge is 2.28. The molecular formula is C20H40N6O. The Morgan fingerprint density at radius 1 is 1.22 bits per heavy atom. The molecule has 1 heterocycles. The molecule has 7 heteroatoms. The smallest absolute Gasteiger partial charge is 0.223 e. The lowest BCUT2D eigenvalue weighted by Crippen LogP contribution is -2.52. The molecule has 1 saturated heterocycles. The van der Waals surface area contributed by atoms with Crippen LogP contribution in [-0.4, -0.2) is 86.6 Å². The fourth-order valence-electron chi connectivity index (χ4n) is 3.97. The van der Waals surface area contributed by atoms with Crippen LogP contribution in [0.4, 0.5) is 0 Å². The molecule has 7 nitrogen and oxygen atoms in total. The standard InChI is InChI=1S/C20H40N6O/c1-6-21-20(22-13-18-14-25(4)10-11-26(18)5)24-17-9-7-8-16(12-17)19(27)23-15(2)3/h15-18H,6-14H2,1-5H3,(H,23,27)(H2,21,22,24). The number of carbonyl (C=O) groups excluding carboxylic acids is 1. The first kappa shape index (κ1) is 22.0. The normalized spacial score (nSPS) is 28.2. The van der Waals surface area contributed by atoms with Crippen LogP contribution in [0.3, 0.4) is 0 Å². The van der Waals surface area contributed by atoms with Crippen molar-refractivity contribution in [3.8, 4) is 0 Å². The van der Waals surface area contributed by atoms with Gasteiger partial charge in [-0.05, 0) is 54.1 Å². The molecular weight excluding hydrogens is 340 g/mol. The minimum absolute atomic E-state index is 0.111. The quantitative estimate of drug-likeness (QED) is 0.471. The van der Waals surface area contributed by atoms with Crippen molar-refractivity contribution in [3.63, 3.8) is 0 Å². The molecule has 0 spiro atoms. The van der Waals surface area contributed by atoms with Crippen molar-refractivity contribution in [2.45, 2.75) is 64.6 Å². The zero-order valence-electron chi connectivity index (χ0n) is 17.9. The molecule has 1 aliphatic carbocycles. The highest BCUT2D eigenvalue weighted by molar-refractivity contribution is 5.81. The molecule has 3 N–H and O–H groups in total. The van der Waals surface area contributed by atoms with E-state index in [1.54, 1.807) is 0 Å². The van der Waals surface area contributed by atoms with Crippen molar-refractivity contribution in [1.29, 1.82) is 0 Å². The Kier molecular flexibility index (Phi) is 8.83. The van der Waals surface area contributed by atoms with E-state index in [0.717, 1.165) is 64.4 Å². The number of nitrogens with zero attached hydrogens (tertiary/aromatic N) is 3. The Morgan fingerprint density at radius 3 is 2.70 bits per heavy atom. The third kappa shape index (κ3) is 7.30. The van der Waals surface area contributed by atoms with Gasteiger partial charge in [-0.3, -0.25) is 14.7 Å². The maximum absolute atomic E-state index is 12.4. The number of likely N-dealkylation sites (N-methyl/N-ethyl adjacent to an activating group) is 2. The summed E-state index contributed by atoms with van der Waals surface area (Å²) in [5.41, 5.74) is 0. The number of hydrogen-bond donors (Lipinski definition) is 3. The summed E-state index contributed by atoms with van der Waals surface area (Å²) in [6, 6.07) is 0.969. The minimum atomic E-state index is 0.111. The summed E-state index contributed by atoms with van der Waals surface area (Å²) in [7, 11) is 4.37. The molecule has 0 aromatic heterocycles. The summed E-state index contributed by atoms with van der Waals surface area (Å²) < 4.78 is 0. The van der Waals surface area contributed by atoms with Crippen LogP contribution in [0.25, 0.3) is 0 Å². The topological polar surface area (TPSA) is 72.0 Å². The van der Waals surface area contributed by atoms with Gasteiger partial charge in [0.05, 0.1) is 6.54 Å². The molecule has 1 aliphatic heterocycles. The fraction of sp³-hybridized carbons (Fsp3) is 0.900. The lowest BCUT2D eigenvalue weighted by atomic mass is 9.85. The SMILES string of the molecule is CCNC(=NCC1CN(C)CCN1C)NC1CCCC(C(=O)NC(C)C)C1. The summed E-state index contributed by atoms with van der Waals surface area (Å²) in [6.45, 7) is 11.0. The summed E-state index contributed by atoms with van der Waals surface area (Å²) >= 11 is 0. The molecule has 0 aromatic carbocycles. The zero-order valence-corrected chi connectivity index (χ0v) is 17.9. The van der Waals surface area contributed by atoms with E-state index in [2.05, 4.69) is 46.8 Å². The van der Waals surface area contributed by atoms with Gasteiger partial charge in [0.1, 0.15) is 0 Å². The number of nitrogens with one attached hydrogen (secondary N) is 3. The Balaban J connectivity index is 1.91. The second-order valence-corrected chi connectivity index (χ2v) is 8.48. The lowest BCUT2D eigenvalue weighted by Gasteiger charge is -2.37. The molecule has 0 bridgehead atoms. The van der Waals surface area contributed by atoms with E-state index in [1.165, 1.54) is 0 Å². The molecule has 1 saturated carbocycles. The van der Waals surface area contributed by atoms with Gasteiger partial charge in [0.15, 0.2) is 5.96 Å². The van der Waals surface area contributed by atoms with E-state index in [4.69, 9.17) is 4.99 Å². The molecule has 1 amide bonds. The van der Waals surface area contributed by atoms with Gasteiger partial charge in [-0.25, -0.2) is 0 Å². The van der Waals surface area contributed by atoms with Crippen LogP contribution < -0.4 is 16.0 Å². The summed E-state index contributed by atoms with van der Waals surface area (Å²) in [4.78, 5) is 22.0. The van der Waals surface area contributed by atoms with Gasteiger partial charge < -0.3 is 20.9 Å². The third-order valence-electron chi connectivity index (χ3n) is 5.60. The molecule has 156 valence electrons. The van der Waals surface area contributed by atoms with Crippen LogP contribution in [0.5, 0.6) is 0 Å². The van der Waals surface area contributed by atoms with Gasteiger partial charge in [-0.1, -0.05) is 6.42 Å². The Hall–Kier alpha value is -1.34. The van der Waals surface area contributed by atoms with Crippen LogP contribution in [0.1, 0.15) is 46.5 Å². The number of hydrogen-bond acceptors (Lipinski definition) is 4. The number of guanidine groups is 1. The molecule has 2 rings (SSSR count). The zero-order chi connectivity index (χ0) is 19.8. The van der Waals surface area contributed by atoms with Crippen LogP contribution >= 0.6 is 0 Å². The van der Waals surface area contributed by atoms with Gasteiger partial charge in [0.2, 0.25) is 5.91 Å². The highest BCUT2D eigenvalue weighted by atomic mass is 16.1. The first-order chi connectivity index (χ1) is 12.9. The van der Waals surface area contributed by atoms with Crippen molar-refractivity contribution in [2.75, 3.05) is 46.8 Å². The molecule has 2 aliphatic rings. The van der Waals surface area contributed by atoms with E-state index in [9.17, 15) is 4.79 Å². The van der Waals surface area contributed by atoms with E-state index >= 15 is 0 Å². The Labute approximate surface area is 165 Å². The average Bonchev–Trinajstić information content (AvgIpc) is 2.62. The predicted molar refractivity (Wildman–Crippen MR) is 112 cm³/mol. The van der Waals surface area contributed by atoms with Crippen LogP contribution in [0, 0.1) is 5.92 Å². The van der Waals surface area contributed by atoms with Crippen LogP contribution in [0.2, 0.25) is 0 Å². The molecule has 0 aromatic rings. The van der Waals surface area contributed by atoms with Gasteiger partial charge in [-0.2, -0.15) is 0 Å². The minimum Gasteiger partial charge on any atom is -0.357 e.